The van der Waals surface area contributed by atoms with Gasteiger partial charge in [0, 0.05) is 0 Å². The van der Waals surface area contributed by atoms with Crippen molar-refractivity contribution in [3.05, 3.63) is 97.5 Å². The minimum atomic E-state index is 0.206. The van der Waals surface area contributed by atoms with Gasteiger partial charge in [-0.1, -0.05) is 135 Å². The second-order valence-corrected chi connectivity index (χ2v) is 5.36. The van der Waals surface area contributed by atoms with Crippen LogP contribution in [-0.2, 0) is 0 Å². The Hall–Kier alpha value is -2.28. The predicted octanol–water partition coefficient (Wildman–Crippen LogP) is 4.94. The number of unbranched alkanes of at least 4 members (excludes halogenated alkanes) is 1. The molecule has 0 amide bonds. The highest BCUT2D eigenvalue weighted by atomic mass is 13.9. The molecule has 23 heavy (non-hydrogen) atoms. The number of hydrogen-bond donors (Lipinski definition) is 0. The van der Waals surface area contributed by atoms with E-state index in [1.807, 2.05) is 30.4 Å². The van der Waals surface area contributed by atoms with Gasteiger partial charge < -0.3 is 0 Å². The molecule has 2 aromatic carbocycles. The number of rotatable bonds is 6. The van der Waals surface area contributed by atoms with E-state index in [1.165, 1.54) is 23.8 Å². The fraction of sp³-hybridized carbons (Fsp3) is 0.182. The van der Waals surface area contributed by atoms with Gasteiger partial charge in [0.15, 0.2) is 0 Å². The van der Waals surface area contributed by atoms with E-state index in [4.69, 9.17) is 0 Å². The van der Waals surface area contributed by atoms with E-state index in [9.17, 15) is 0 Å². The molecule has 0 N–H and O–H groups in total. The van der Waals surface area contributed by atoms with Crippen LogP contribution in [0.15, 0.2) is 97.5 Å². The van der Waals surface area contributed by atoms with Gasteiger partial charge in [0.2, 0.25) is 6.71 Å². The van der Waals surface area contributed by atoms with Crippen molar-refractivity contribution >= 4 is 17.6 Å². The van der Waals surface area contributed by atoms with Crippen LogP contribution in [0.5, 0.6) is 0 Å². The lowest BCUT2D eigenvalue weighted by atomic mass is 9.36. The van der Waals surface area contributed by atoms with Crippen molar-refractivity contribution in [2.75, 3.05) is 0 Å². The van der Waals surface area contributed by atoms with Crippen molar-refractivity contribution in [1.82, 2.24) is 0 Å². The summed E-state index contributed by atoms with van der Waals surface area (Å²) in [6.07, 6.45) is 8.39. The average Bonchev–Trinajstić information content (AvgIpc) is 2.63. The summed E-state index contributed by atoms with van der Waals surface area (Å²) in [4.78, 5) is 0. The zero-order valence-electron chi connectivity index (χ0n) is 14.4. The van der Waals surface area contributed by atoms with Crippen LogP contribution < -0.4 is 10.9 Å². The monoisotopic (exact) mass is 302 g/mol. The normalized spacial score (nSPS) is 10.3. The lowest BCUT2D eigenvalue weighted by Gasteiger charge is -2.15. The molecule has 0 fully saturated rings. The van der Waals surface area contributed by atoms with Crippen LogP contribution in [0, 0.1) is 0 Å². The third-order valence-corrected chi connectivity index (χ3v) is 3.65. The molecule has 0 nitrogen and oxygen atoms in total. The van der Waals surface area contributed by atoms with Gasteiger partial charge >= 0.3 is 0 Å². The third-order valence-electron chi connectivity index (χ3n) is 3.65. The van der Waals surface area contributed by atoms with E-state index in [0.29, 0.717) is 0 Å². The Morgan fingerprint density at radius 3 is 1.57 bits per heavy atom. The highest BCUT2D eigenvalue weighted by Gasteiger charge is 2.21. The molecule has 0 aromatic heterocycles. The van der Waals surface area contributed by atoms with Crippen LogP contribution in [0.1, 0.15) is 26.7 Å². The van der Waals surface area contributed by atoms with Crippen molar-refractivity contribution in [3.63, 3.8) is 0 Å². The van der Waals surface area contributed by atoms with Gasteiger partial charge in [0.05, 0.1) is 0 Å². The van der Waals surface area contributed by atoms with E-state index in [-0.39, 0.29) is 6.71 Å². The molecule has 0 radical (unpaired) electrons. The summed E-state index contributed by atoms with van der Waals surface area (Å²) in [7, 11) is 0. The van der Waals surface area contributed by atoms with E-state index in [0.717, 1.165) is 5.47 Å². The van der Waals surface area contributed by atoms with Gasteiger partial charge in [-0.25, -0.2) is 0 Å². The minimum Gasteiger partial charge on any atom is -0.0996 e. The van der Waals surface area contributed by atoms with E-state index < -0.39 is 0 Å². The molecule has 2 rings (SSSR count). The molecule has 0 bridgehead atoms. The standard InChI is InChI=1S/C18H17B.C4H10/c1-3-11-16(4-2)19(17-12-7-5-8-13-17)18-14-9-6-10-15-18;1-3-4-2/h3-15H,1-2H2;3-4H2,1-2H3/b16-11+;. The Balaban J connectivity index is 0.000000593. The van der Waals surface area contributed by atoms with Gasteiger partial charge in [0.25, 0.3) is 0 Å². The van der Waals surface area contributed by atoms with E-state index in [2.05, 4.69) is 75.5 Å². The zero-order chi connectivity index (χ0) is 16.9. The summed E-state index contributed by atoms with van der Waals surface area (Å²) in [5, 5.41) is 0. The Morgan fingerprint density at radius 2 is 1.26 bits per heavy atom. The maximum atomic E-state index is 3.94. The summed E-state index contributed by atoms with van der Waals surface area (Å²) in [5.41, 5.74) is 3.69. The van der Waals surface area contributed by atoms with Crippen molar-refractivity contribution in [3.8, 4) is 0 Å². The summed E-state index contributed by atoms with van der Waals surface area (Å²) < 4.78 is 0. The predicted molar refractivity (Wildman–Crippen MR) is 107 cm³/mol. The van der Waals surface area contributed by atoms with Gasteiger partial charge in [-0.3, -0.25) is 0 Å². The first-order valence-electron chi connectivity index (χ1n) is 8.33. The number of allylic oxidation sites excluding steroid dienone is 4. The van der Waals surface area contributed by atoms with E-state index in [1.54, 1.807) is 0 Å². The molecule has 0 unspecified atom stereocenters. The van der Waals surface area contributed by atoms with E-state index >= 15 is 0 Å². The number of benzene rings is 2. The summed E-state index contributed by atoms with van der Waals surface area (Å²) in [6.45, 7) is 12.3. The maximum Gasteiger partial charge on any atom is 0.241 e. The Bertz CT molecular complexity index is 555. The lowest BCUT2D eigenvalue weighted by Crippen LogP contribution is -2.43. The highest BCUT2D eigenvalue weighted by molar-refractivity contribution is 6.91. The van der Waals surface area contributed by atoms with Crippen LogP contribution in [0.2, 0.25) is 0 Å². The largest absolute Gasteiger partial charge is 0.241 e. The molecule has 0 saturated heterocycles. The van der Waals surface area contributed by atoms with Crippen molar-refractivity contribution < 1.29 is 0 Å². The molecule has 0 aliphatic rings. The average molecular weight is 302 g/mol. The van der Waals surface area contributed by atoms with Gasteiger partial charge in [-0.2, -0.15) is 0 Å². The first-order valence-corrected chi connectivity index (χ1v) is 8.33. The zero-order valence-corrected chi connectivity index (χ0v) is 14.4. The Labute approximate surface area is 142 Å². The van der Waals surface area contributed by atoms with Crippen LogP contribution in [0.4, 0.5) is 0 Å². The maximum absolute atomic E-state index is 3.94. The SMILES string of the molecule is C=C/C=C(\C=C)B(c1ccccc1)c1ccccc1.CCCC. The van der Waals surface area contributed by atoms with Crippen molar-refractivity contribution in [2.24, 2.45) is 0 Å². The molecule has 0 spiro atoms. The van der Waals surface area contributed by atoms with Gasteiger partial charge in [-0.15, -0.1) is 0 Å². The first kappa shape index (κ1) is 18.8. The first-order chi connectivity index (χ1) is 11.3. The topological polar surface area (TPSA) is 0 Å². The van der Waals surface area contributed by atoms with Gasteiger partial charge in [-0.05, 0) is 0 Å². The lowest BCUT2D eigenvalue weighted by molar-refractivity contribution is 0.886. The molecule has 118 valence electrons. The smallest absolute Gasteiger partial charge is 0.0996 e. The molecular weight excluding hydrogens is 275 g/mol. The Kier molecular flexibility index (Phi) is 9.23. The quantitative estimate of drug-likeness (QED) is 0.524. The highest BCUT2D eigenvalue weighted by Crippen LogP contribution is 2.05. The van der Waals surface area contributed by atoms with Gasteiger partial charge in [0.1, 0.15) is 0 Å². The van der Waals surface area contributed by atoms with Crippen LogP contribution >= 0.6 is 0 Å². The minimum absolute atomic E-state index is 0.206. The molecule has 0 saturated carbocycles. The molecule has 1 heteroatoms. The summed E-state index contributed by atoms with van der Waals surface area (Å²) in [5.74, 6) is 0. The van der Waals surface area contributed by atoms with Crippen LogP contribution in [0.25, 0.3) is 0 Å². The molecule has 0 aliphatic carbocycles. The molecule has 2 aromatic rings. The molecule has 0 heterocycles. The summed E-state index contributed by atoms with van der Waals surface area (Å²) in [6, 6.07) is 21.0. The third kappa shape index (κ3) is 6.16. The molecular formula is C22H27B. The number of hydrogen-bond acceptors (Lipinski definition) is 0. The van der Waals surface area contributed by atoms with Crippen LogP contribution in [0.3, 0.4) is 0 Å². The molecule has 0 aliphatic heterocycles. The van der Waals surface area contributed by atoms with Crippen molar-refractivity contribution in [1.29, 1.82) is 0 Å². The van der Waals surface area contributed by atoms with Crippen molar-refractivity contribution in [2.45, 2.75) is 26.7 Å². The second kappa shape index (κ2) is 11.3. The second-order valence-electron chi connectivity index (χ2n) is 5.36. The summed E-state index contributed by atoms with van der Waals surface area (Å²) >= 11 is 0. The Morgan fingerprint density at radius 1 is 0.826 bits per heavy atom. The van der Waals surface area contributed by atoms with Crippen LogP contribution in [-0.4, -0.2) is 6.71 Å². The fourth-order valence-electron chi connectivity index (χ4n) is 2.29. The fourth-order valence-corrected chi connectivity index (χ4v) is 2.29. The molecule has 0 atom stereocenters.